The van der Waals surface area contributed by atoms with Gasteiger partial charge in [-0.15, -0.1) is 0 Å². The lowest BCUT2D eigenvalue weighted by atomic mass is 9.88. The number of nitrogens with one attached hydrogen (secondary N) is 1. The topological polar surface area (TPSA) is 75.6 Å². The molecule has 2 N–H and O–H groups in total. The van der Waals surface area contributed by atoms with E-state index < -0.39 is 12.1 Å². The summed E-state index contributed by atoms with van der Waals surface area (Å²) in [6.45, 7) is 1.96. The number of carbonyl (C=O) groups is 2. The molecule has 0 aliphatic heterocycles. The first kappa shape index (κ1) is 13.0. The summed E-state index contributed by atoms with van der Waals surface area (Å²) in [6, 6.07) is 0. The lowest BCUT2D eigenvalue weighted by Crippen LogP contribution is -2.43. The van der Waals surface area contributed by atoms with Gasteiger partial charge in [0, 0.05) is 12.5 Å². The molecule has 16 heavy (non-hydrogen) atoms. The van der Waals surface area contributed by atoms with Crippen LogP contribution in [0.2, 0.25) is 0 Å². The summed E-state index contributed by atoms with van der Waals surface area (Å²) in [5.74, 6) is -1.12. The molecule has 1 atom stereocenters. The van der Waals surface area contributed by atoms with Crippen LogP contribution in [0.25, 0.3) is 0 Å². The Balaban J connectivity index is 2.42. The predicted octanol–water partition coefficient (Wildman–Crippen LogP) is 0.782. The third kappa shape index (κ3) is 2.95. The number of carbonyl (C=O) groups excluding carboxylic acids is 1. The number of hydrogen-bond donors (Lipinski definition) is 2. The Hall–Kier alpha value is -1.10. The fourth-order valence-corrected chi connectivity index (χ4v) is 2.05. The standard InChI is InChI=1S/C11H19NO4/c1-11(5-3-4-6-11)10(15)12-7-8(16-2)9(13)14/h8H,3-7H2,1-2H3,(H,12,15)(H,13,14). The quantitative estimate of drug-likeness (QED) is 0.730. The average molecular weight is 229 g/mol. The van der Waals surface area contributed by atoms with Gasteiger partial charge in [-0.25, -0.2) is 4.79 Å². The minimum atomic E-state index is -1.06. The van der Waals surface area contributed by atoms with Crippen molar-refractivity contribution in [3.05, 3.63) is 0 Å². The number of ether oxygens (including phenoxy) is 1. The number of hydrogen-bond acceptors (Lipinski definition) is 3. The van der Waals surface area contributed by atoms with E-state index in [1.807, 2.05) is 6.92 Å². The van der Waals surface area contributed by atoms with E-state index in [0.29, 0.717) is 0 Å². The van der Waals surface area contributed by atoms with E-state index >= 15 is 0 Å². The first-order valence-electron chi connectivity index (χ1n) is 5.53. The molecule has 1 amide bonds. The Labute approximate surface area is 95.2 Å². The van der Waals surface area contributed by atoms with Gasteiger partial charge in [0.25, 0.3) is 0 Å². The fraction of sp³-hybridized carbons (Fsp3) is 0.818. The van der Waals surface area contributed by atoms with Gasteiger partial charge in [0.15, 0.2) is 6.10 Å². The second-order valence-electron chi connectivity index (χ2n) is 4.54. The number of rotatable bonds is 5. The highest BCUT2D eigenvalue weighted by atomic mass is 16.5. The first-order valence-corrected chi connectivity index (χ1v) is 5.53. The molecule has 0 aromatic heterocycles. The monoisotopic (exact) mass is 229 g/mol. The zero-order chi connectivity index (χ0) is 12.2. The molecule has 5 nitrogen and oxygen atoms in total. The van der Waals surface area contributed by atoms with Crippen LogP contribution >= 0.6 is 0 Å². The number of amides is 1. The molecule has 1 fully saturated rings. The van der Waals surface area contributed by atoms with E-state index in [4.69, 9.17) is 9.84 Å². The highest BCUT2D eigenvalue weighted by Gasteiger charge is 2.36. The van der Waals surface area contributed by atoms with Gasteiger partial charge in [0.2, 0.25) is 5.91 Å². The summed E-state index contributed by atoms with van der Waals surface area (Å²) in [4.78, 5) is 22.5. The number of aliphatic carboxylic acids is 1. The lowest BCUT2D eigenvalue weighted by molar-refractivity contribution is -0.148. The largest absolute Gasteiger partial charge is 0.479 e. The number of carboxylic acid groups (broad SMARTS) is 1. The summed E-state index contributed by atoms with van der Waals surface area (Å²) in [7, 11) is 1.32. The molecule has 0 spiro atoms. The Morgan fingerprint density at radius 2 is 2.00 bits per heavy atom. The third-order valence-electron chi connectivity index (χ3n) is 3.26. The summed E-state index contributed by atoms with van der Waals surface area (Å²) in [5, 5.41) is 11.4. The maximum Gasteiger partial charge on any atom is 0.334 e. The average Bonchev–Trinajstić information content (AvgIpc) is 2.66. The second kappa shape index (κ2) is 5.30. The van der Waals surface area contributed by atoms with Gasteiger partial charge in [-0.1, -0.05) is 19.8 Å². The van der Waals surface area contributed by atoms with E-state index in [-0.39, 0.29) is 17.9 Å². The van der Waals surface area contributed by atoms with Crippen LogP contribution in [0.15, 0.2) is 0 Å². The molecule has 1 unspecified atom stereocenters. The number of methoxy groups -OCH3 is 1. The Morgan fingerprint density at radius 1 is 1.44 bits per heavy atom. The van der Waals surface area contributed by atoms with Gasteiger partial charge in [-0.05, 0) is 12.8 Å². The molecule has 0 radical (unpaired) electrons. The lowest BCUT2D eigenvalue weighted by Gasteiger charge is -2.23. The van der Waals surface area contributed by atoms with Crippen LogP contribution in [0.5, 0.6) is 0 Å². The van der Waals surface area contributed by atoms with Crippen LogP contribution in [-0.2, 0) is 14.3 Å². The molecule has 5 heteroatoms. The molecule has 0 saturated heterocycles. The molecule has 1 saturated carbocycles. The highest BCUT2D eigenvalue weighted by molar-refractivity contribution is 5.83. The van der Waals surface area contributed by atoms with Gasteiger partial charge in [-0.2, -0.15) is 0 Å². The summed E-state index contributed by atoms with van der Waals surface area (Å²) in [5.41, 5.74) is -0.323. The molecule has 0 aromatic carbocycles. The van der Waals surface area contributed by atoms with Crippen molar-refractivity contribution in [1.29, 1.82) is 0 Å². The van der Waals surface area contributed by atoms with E-state index in [2.05, 4.69) is 5.32 Å². The zero-order valence-electron chi connectivity index (χ0n) is 9.78. The van der Waals surface area contributed by atoms with Gasteiger partial charge in [0.05, 0.1) is 6.54 Å². The fourth-order valence-electron chi connectivity index (χ4n) is 2.05. The summed E-state index contributed by atoms with van der Waals surface area (Å²) < 4.78 is 4.74. The van der Waals surface area contributed by atoms with Crippen LogP contribution in [-0.4, -0.2) is 36.7 Å². The molecule has 1 aliphatic rings. The van der Waals surface area contributed by atoms with Gasteiger partial charge in [0.1, 0.15) is 0 Å². The van der Waals surface area contributed by atoms with Crippen molar-refractivity contribution in [2.45, 2.75) is 38.7 Å². The van der Waals surface area contributed by atoms with E-state index in [0.717, 1.165) is 25.7 Å². The SMILES string of the molecule is COC(CNC(=O)C1(C)CCCC1)C(=O)O. The van der Waals surface area contributed by atoms with Crippen molar-refractivity contribution in [3.63, 3.8) is 0 Å². The maximum atomic E-state index is 11.9. The smallest absolute Gasteiger partial charge is 0.334 e. The molecule has 0 heterocycles. The van der Waals surface area contributed by atoms with Gasteiger partial charge in [-0.3, -0.25) is 4.79 Å². The van der Waals surface area contributed by atoms with Crippen LogP contribution in [0.4, 0.5) is 0 Å². The normalized spacial score (nSPS) is 20.4. The van der Waals surface area contributed by atoms with Crippen molar-refractivity contribution < 1.29 is 19.4 Å². The van der Waals surface area contributed by atoms with Crippen LogP contribution < -0.4 is 5.32 Å². The Morgan fingerprint density at radius 3 is 2.44 bits per heavy atom. The minimum absolute atomic E-state index is 0.0280. The molecular weight excluding hydrogens is 210 g/mol. The third-order valence-corrected chi connectivity index (χ3v) is 3.26. The number of carboxylic acids is 1. The summed E-state index contributed by atoms with van der Waals surface area (Å²) >= 11 is 0. The molecule has 92 valence electrons. The zero-order valence-corrected chi connectivity index (χ0v) is 9.78. The van der Waals surface area contributed by atoms with E-state index in [9.17, 15) is 9.59 Å². The van der Waals surface area contributed by atoms with Crippen LogP contribution in [0.3, 0.4) is 0 Å². The van der Waals surface area contributed by atoms with Gasteiger partial charge >= 0.3 is 5.97 Å². The maximum absolute atomic E-state index is 11.9. The molecule has 0 aromatic rings. The van der Waals surface area contributed by atoms with E-state index in [1.54, 1.807) is 0 Å². The Kier molecular flexibility index (Phi) is 4.29. The van der Waals surface area contributed by atoms with Crippen LogP contribution in [0.1, 0.15) is 32.6 Å². The minimum Gasteiger partial charge on any atom is -0.479 e. The molecule has 0 bridgehead atoms. The van der Waals surface area contributed by atoms with E-state index in [1.165, 1.54) is 7.11 Å². The van der Waals surface area contributed by atoms with Gasteiger partial charge < -0.3 is 15.2 Å². The molecular formula is C11H19NO4. The van der Waals surface area contributed by atoms with Crippen molar-refractivity contribution >= 4 is 11.9 Å². The predicted molar refractivity (Wildman–Crippen MR) is 58.0 cm³/mol. The van der Waals surface area contributed by atoms with Crippen molar-refractivity contribution in [2.75, 3.05) is 13.7 Å². The highest BCUT2D eigenvalue weighted by Crippen LogP contribution is 2.37. The van der Waals surface area contributed by atoms with Crippen molar-refractivity contribution in [1.82, 2.24) is 5.32 Å². The van der Waals surface area contributed by atoms with Crippen LogP contribution in [0, 0.1) is 5.41 Å². The van der Waals surface area contributed by atoms with Crippen molar-refractivity contribution in [2.24, 2.45) is 5.41 Å². The Bertz CT molecular complexity index is 271. The first-order chi connectivity index (χ1) is 7.49. The summed E-state index contributed by atoms with van der Waals surface area (Å²) in [6.07, 6.45) is 2.93. The molecule has 1 aliphatic carbocycles. The van der Waals surface area contributed by atoms with Crippen molar-refractivity contribution in [3.8, 4) is 0 Å². The molecule has 1 rings (SSSR count). The second-order valence-corrected chi connectivity index (χ2v) is 4.54.